The predicted molar refractivity (Wildman–Crippen MR) is 49.8 cm³/mol. The SMILES string of the molecule is CC1(C)[C@H]2CC(=NO)[C@](C)(O)[C@@H]1C2. The Kier molecular flexibility index (Phi) is 1.57. The molecular weight excluding hydrogens is 166 g/mol. The summed E-state index contributed by atoms with van der Waals surface area (Å²) in [7, 11) is 0. The molecule has 0 aliphatic heterocycles. The molecule has 0 aromatic rings. The van der Waals surface area contributed by atoms with E-state index in [-0.39, 0.29) is 11.3 Å². The normalized spacial score (nSPS) is 50.3. The third-order valence-corrected chi connectivity index (χ3v) is 4.29. The molecule has 0 aromatic heterocycles. The maximum Gasteiger partial charge on any atom is 0.106 e. The molecule has 3 heteroatoms. The molecule has 0 amide bonds. The van der Waals surface area contributed by atoms with Crippen molar-refractivity contribution in [2.24, 2.45) is 22.4 Å². The first kappa shape index (κ1) is 9.00. The molecule has 0 saturated heterocycles. The fourth-order valence-corrected chi connectivity index (χ4v) is 3.10. The van der Waals surface area contributed by atoms with Crippen LogP contribution in [-0.4, -0.2) is 21.6 Å². The van der Waals surface area contributed by atoms with Crippen molar-refractivity contribution in [3.05, 3.63) is 0 Å². The van der Waals surface area contributed by atoms with Gasteiger partial charge in [-0.3, -0.25) is 0 Å². The number of rotatable bonds is 0. The second kappa shape index (κ2) is 2.27. The minimum Gasteiger partial charge on any atom is -0.411 e. The van der Waals surface area contributed by atoms with Crippen LogP contribution in [0.15, 0.2) is 5.16 Å². The maximum absolute atomic E-state index is 10.2. The zero-order valence-electron chi connectivity index (χ0n) is 8.41. The standard InChI is InChI=1S/C10H17NO2/c1-9(2)6-4-7(9)10(3,12)8(5-6)11-13/h6-7,12-13H,4-5H2,1-3H3/t6-,7-,10-/m1/s1. The molecular formula is C10H17NO2. The fraction of sp³-hybridized carbons (Fsp3) is 0.900. The maximum atomic E-state index is 10.2. The summed E-state index contributed by atoms with van der Waals surface area (Å²) in [5.41, 5.74) is -0.127. The molecule has 2 bridgehead atoms. The van der Waals surface area contributed by atoms with Crippen molar-refractivity contribution < 1.29 is 10.3 Å². The molecule has 0 unspecified atom stereocenters. The van der Waals surface area contributed by atoms with Crippen molar-refractivity contribution in [3.63, 3.8) is 0 Å². The lowest BCUT2D eigenvalue weighted by Crippen LogP contribution is -2.64. The van der Waals surface area contributed by atoms with E-state index in [2.05, 4.69) is 19.0 Å². The minimum atomic E-state index is -0.896. The number of hydrogen-bond donors (Lipinski definition) is 2. The Morgan fingerprint density at radius 2 is 2.00 bits per heavy atom. The Labute approximate surface area is 78.4 Å². The highest BCUT2D eigenvalue weighted by atomic mass is 16.4. The number of fused-ring (bicyclic) bond motifs is 2. The second-order valence-electron chi connectivity index (χ2n) is 5.20. The van der Waals surface area contributed by atoms with E-state index < -0.39 is 5.60 Å². The van der Waals surface area contributed by atoms with E-state index in [9.17, 15) is 5.11 Å². The smallest absolute Gasteiger partial charge is 0.106 e. The van der Waals surface area contributed by atoms with E-state index in [0.717, 1.165) is 12.8 Å². The summed E-state index contributed by atoms with van der Waals surface area (Å²) in [6.07, 6.45) is 1.81. The van der Waals surface area contributed by atoms with E-state index in [4.69, 9.17) is 5.21 Å². The quantitative estimate of drug-likeness (QED) is 0.443. The van der Waals surface area contributed by atoms with E-state index in [1.54, 1.807) is 6.92 Å². The Morgan fingerprint density at radius 3 is 2.38 bits per heavy atom. The van der Waals surface area contributed by atoms with Crippen LogP contribution in [-0.2, 0) is 0 Å². The van der Waals surface area contributed by atoms with E-state index in [0.29, 0.717) is 11.6 Å². The van der Waals surface area contributed by atoms with Crippen molar-refractivity contribution in [1.29, 1.82) is 0 Å². The van der Waals surface area contributed by atoms with Gasteiger partial charge in [-0.05, 0) is 37.0 Å². The Balaban J connectivity index is 2.34. The molecule has 2 N–H and O–H groups in total. The third-order valence-electron chi connectivity index (χ3n) is 4.29. The molecule has 3 aliphatic carbocycles. The highest BCUT2D eigenvalue weighted by Crippen LogP contribution is 2.61. The lowest BCUT2D eigenvalue weighted by molar-refractivity contribution is -0.135. The number of aliphatic hydroxyl groups is 1. The Hall–Kier alpha value is -0.570. The van der Waals surface area contributed by atoms with Crippen molar-refractivity contribution >= 4 is 5.71 Å². The largest absolute Gasteiger partial charge is 0.411 e. The van der Waals surface area contributed by atoms with Gasteiger partial charge in [0.1, 0.15) is 5.60 Å². The summed E-state index contributed by atoms with van der Waals surface area (Å²) >= 11 is 0. The third kappa shape index (κ3) is 0.909. The fourth-order valence-electron chi connectivity index (χ4n) is 3.10. The minimum absolute atomic E-state index is 0.206. The van der Waals surface area contributed by atoms with Crippen LogP contribution in [0.5, 0.6) is 0 Å². The molecule has 3 nitrogen and oxygen atoms in total. The van der Waals surface area contributed by atoms with Crippen molar-refractivity contribution in [2.75, 3.05) is 0 Å². The van der Waals surface area contributed by atoms with E-state index in [1.165, 1.54) is 0 Å². The summed E-state index contributed by atoms with van der Waals surface area (Å²) in [6.45, 7) is 6.15. The molecule has 13 heavy (non-hydrogen) atoms. The van der Waals surface area contributed by atoms with Gasteiger partial charge in [-0.15, -0.1) is 0 Å². The molecule has 3 atom stereocenters. The van der Waals surface area contributed by atoms with Crippen LogP contribution in [0.25, 0.3) is 0 Å². The van der Waals surface area contributed by atoms with Gasteiger partial charge in [0.25, 0.3) is 0 Å². The Morgan fingerprint density at radius 1 is 1.38 bits per heavy atom. The summed E-state index contributed by atoms with van der Waals surface area (Å²) in [5.74, 6) is 0.841. The van der Waals surface area contributed by atoms with Gasteiger partial charge in [-0.25, -0.2) is 0 Å². The molecule has 0 aromatic carbocycles. The van der Waals surface area contributed by atoms with Crippen molar-refractivity contribution in [3.8, 4) is 0 Å². The number of nitrogens with zero attached hydrogens (tertiary/aromatic N) is 1. The van der Waals surface area contributed by atoms with Gasteiger partial charge in [-0.1, -0.05) is 19.0 Å². The van der Waals surface area contributed by atoms with Crippen LogP contribution >= 0.6 is 0 Å². The second-order valence-corrected chi connectivity index (χ2v) is 5.20. The summed E-state index contributed by atoms with van der Waals surface area (Å²) < 4.78 is 0. The molecule has 0 spiro atoms. The highest BCUT2D eigenvalue weighted by Gasteiger charge is 2.61. The zero-order valence-corrected chi connectivity index (χ0v) is 8.41. The average molecular weight is 183 g/mol. The molecule has 3 aliphatic rings. The zero-order chi connectivity index (χ0) is 9.85. The predicted octanol–water partition coefficient (Wildman–Crippen LogP) is 1.63. The van der Waals surface area contributed by atoms with Crippen LogP contribution in [0.2, 0.25) is 0 Å². The molecule has 3 saturated carbocycles. The van der Waals surface area contributed by atoms with Crippen LogP contribution in [0.1, 0.15) is 33.6 Å². The molecule has 0 heterocycles. The summed E-state index contributed by atoms with van der Waals surface area (Å²) in [4.78, 5) is 0. The van der Waals surface area contributed by atoms with Crippen LogP contribution < -0.4 is 0 Å². The van der Waals surface area contributed by atoms with Crippen LogP contribution in [0.4, 0.5) is 0 Å². The topological polar surface area (TPSA) is 52.8 Å². The van der Waals surface area contributed by atoms with Gasteiger partial charge < -0.3 is 10.3 Å². The monoisotopic (exact) mass is 183 g/mol. The highest BCUT2D eigenvalue weighted by molar-refractivity contribution is 5.94. The van der Waals surface area contributed by atoms with Gasteiger partial charge in [-0.2, -0.15) is 0 Å². The van der Waals surface area contributed by atoms with E-state index in [1.807, 2.05) is 0 Å². The number of oxime groups is 1. The van der Waals surface area contributed by atoms with Gasteiger partial charge >= 0.3 is 0 Å². The van der Waals surface area contributed by atoms with Crippen LogP contribution in [0, 0.1) is 17.3 Å². The lowest BCUT2D eigenvalue weighted by Gasteiger charge is -2.62. The Bertz CT molecular complexity index is 268. The molecule has 74 valence electrons. The first-order valence-electron chi connectivity index (χ1n) is 4.84. The average Bonchev–Trinajstić information content (AvgIpc) is 2.01. The summed E-state index contributed by atoms with van der Waals surface area (Å²) in [5, 5.41) is 22.2. The van der Waals surface area contributed by atoms with Crippen LogP contribution in [0.3, 0.4) is 0 Å². The van der Waals surface area contributed by atoms with Crippen molar-refractivity contribution in [1.82, 2.24) is 0 Å². The molecule has 3 fully saturated rings. The molecule has 0 radical (unpaired) electrons. The van der Waals surface area contributed by atoms with Gasteiger partial charge in [0.15, 0.2) is 0 Å². The summed E-state index contributed by atoms with van der Waals surface area (Å²) in [6, 6.07) is 0. The first-order chi connectivity index (χ1) is 5.90. The van der Waals surface area contributed by atoms with Crippen molar-refractivity contribution in [2.45, 2.75) is 39.2 Å². The lowest BCUT2D eigenvalue weighted by atomic mass is 9.44. The molecule has 3 rings (SSSR count). The number of hydrogen-bond acceptors (Lipinski definition) is 3. The van der Waals surface area contributed by atoms with Gasteiger partial charge in [0, 0.05) is 0 Å². The van der Waals surface area contributed by atoms with Gasteiger partial charge in [0.2, 0.25) is 0 Å². The van der Waals surface area contributed by atoms with E-state index >= 15 is 0 Å². The van der Waals surface area contributed by atoms with Gasteiger partial charge in [0.05, 0.1) is 5.71 Å². The first-order valence-corrected chi connectivity index (χ1v) is 4.84.